The van der Waals surface area contributed by atoms with Gasteiger partial charge in [-0.05, 0) is 173 Å². The normalized spacial score (nSPS) is 13.7. The molecule has 1 aromatic heterocycles. The molecule has 0 atom stereocenters. The molecular weight excluding hydrogens is 958 g/mol. The van der Waals surface area contributed by atoms with E-state index in [-0.39, 0.29) is 33.8 Å². The molecule has 5 heteroatoms. The summed E-state index contributed by atoms with van der Waals surface area (Å²) in [5.74, 6) is 0. The van der Waals surface area contributed by atoms with Crippen LogP contribution in [-0.2, 0) is 27.1 Å². The predicted octanol–water partition coefficient (Wildman–Crippen LogP) is 19.3. The van der Waals surface area contributed by atoms with Crippen molar-refractivity contribution in [1.82, 2.24) is 0 Å². The number of hydrogen-bond acceptors (Lipinski definition) is 4. The van der Waals surface area contributed by atoms with E-state index in [4.69, 9.17) is 4.42 Å². The second-order valence-electron chi connectivity index (χ2n) is 27.6. The van der Waals surface area contributed by atoms with Gasteiger partial charge in [0.2, 0.25) is 0 Å². The molecule has 79 heavy (non-hydrogen) atoms. The molecule has 0 unspecified atom stereocenters. The minimum atomic E-state index is -0.0950. The Bertz CT molecular complexity index is 3900. The van der Waals surface area contributed by atoms with Gasteiger partial charge in [-0.15, -0.1) is 0 Å². The molecule has 0 N–H and O–H groups in total. The molecule has 0 saturated carbocycles. The molecule has 3 heterocycles. The van der Waals surface area contributed by atoms with E-state index in [1.54, 1.807) is 0 Å². The lowest BCUT2D eigenvalue weighted by Crippen LogP contribution is -2.61. The van der Waals surface area contributed by atoms with Crippen molar-refractivity contribution in [2.24, 2.45) is 0 Å². The van der Waals surface area contributed by atoms with E-state index < -0.39 is 0 Å². The van der Waals surface area contributed by atoms with Crippen LogP contribution in [-0.4, -0.2) is 6.71 Å². The average Bonchev–Trinajstić information content (AvgIpc) is 4.01. The van der Waals surface area contributed by atoms with Crippen molar-refractivity contribution in [1.29, 1.82) is 0 Å². The number of hydrogen-bond donors (Lipinski definition) is 0. The van der Waals surface area contributed by atoms with Crippen molar-refractivity contribution in [3.8, 4) is 11.1 Å². The van der Waals surface area contributed by atoms with Crippen LogP contribution in [0, 0.1) is 0 Å². The Morgan fingerprint density at radius 3 is 1.32 bits per heavy atom. The van der Waals surface area contributed by atoms with Crippen LogP contribution in [0.25, 0.3) is 33.1 Å². The van der Waals surface area contributed by atoms with Gasteiger partial charge in [0, 0.05) is 56.3 Å². The highest BCUT2D eigenvalue weighted by Crippen LogP contribution is 2.50. The van der Waals surface area contributed by atoms with Gasteiger partial charge in [-0.25, -0.2) is 0 Å². The summed E-state index contributed by atoms with van der Waals surface area (Å²) in [6, 6.07) is 71.8. The smallest absolute Gasteiger partial charge is 0.252 e. The summed E-state index contributed by atoms with van der Waals surface area (Å²) in [5, 5.41) is 2.27. The van der Waals surface area contributed by atoms with Crippen LogP contribution < -0.4 is 31.1 Å². The predicted molar refractivity (Wildman–Crippen MR) is 341 cm³/mol. The van der Waals surface area contributed by atoms with E-state index in [9.17, 15) is 0 Å². The maximum absolute atomic E-state index is 6.42. The molecule has 10 aromatic rings. The monoisotopic (exact) mass is 1030 g/mol. The van der Waals surface area contributed by atoms with Crippen LogP contribution in [0.3, 0.4) is 0 Å². The summed E-state index contributed by atoms with van der Waals surface area (Å²) in [5.41, 5.74) is 24.7. The molecule has 0 bridgehead atoms. The van der Waals surface area contributed by atoms with Crippen LogP contribution in [0.5, 0.6) is 0 Å². The Morgan fingerprint density at radius 2 is 0.772 bits per heavy atom. The summed E-state index contributed by atoms with van der Waals surface area (Å²) in [4.78, 5) is 7.64. The van der Waals surface area contributed by atoms with Gasteiger partial charge in [-0.1, -0.05) is 201 Å². The van der Waals surface area contributed by atoms with Crippen LogP contribution in [0.2, 0.25) is 0 Å². The average molecular weight is 1030 g/mol. The highest BCUT2D eigenvalue weighted by atomic mass is 16.3. The van der Waals surface area contributed by atoms with E-state index in [0.717, 1.165) is 61.5 Å². The van der Waals surface area contributed by atoms with Gasteiger partial charge < -0.3 is 19.1 Å². The maximum Gasteiger partial charge on any atom is 0.252 e. The number of rotatable bonds is 6. The van der Waals surface area contributed by atoms with Gasteiger partial charge >= 0.3 is 0 Å². The number of furan rings is 1. The fraction of sp³-hybridized carbons (Fsp3) is 0.270. The first kappa shape index (κ1) is 52.0. The topological polar surface area (TPSA) is 22.9 Å². The van der Waals surface area contributed by atoms with Crippen molar-refractivity contribution in [2.45, 2.75) is 131 Å². The molecule has 12 rings (SSSR count). The first-order valence-electron chi connectivity index (χ1n) is 28.5. The molecule has 2 aliphatic heterocycles. The molecule has 0 fully saturated rings. The number of fused-ring (bicyclic) bond motifs is 7. The Balaban J connectivity index is 1.15. The third kappa shape index (κ3) is 9.23. The molecule has 396 valence electrons. The Labute approximate surface area is 470 Å². The quantitative estimate of drug-likeness (QED) is 0.155. The van der Waals surface area contributed by atoms with Crippen molar-refractivity contribution in [2.75, 3.05) is 14.7 Å². The molecule has 4 nitrogen and oxygen atoms in total. The second kappa shape index (κ2) is 18.4. The molecule has 9 aromatic carbocycles. The molecule has 0 amide bonds. The molecular formula is C74H76BN3O. The van der Waals surface area contributed by atoms with Gasteiger partial charge in [0.05, 0.1) is 5.69 Å². The van der Waals surface area contributed by atoms with Crippen LogP contribution in [0.4, 0.5) is 51.2 Å². The minimum absolute atomic E-state index is 0.00152. The third-order valence-electron chi connectivity index (χ3n) is 16.9. The van der Waals surface area contributed by atoms with Gasteiger partial charge in [0.25, 0.3) is 6.71 Å². The summed E-state index contributed by atoms with van der Waals surface area (Å²) in [6.07, 6.45) is 0. The van der Waals surface area contributed by atoms with Gasteiger partial charge in [0.15, 0.2) is 0 Å². The number of para-hydroxylation sites is 1. The summed E-state index contributed by atoms with van der Waals surface area (Å²) >= 11 is 0. The second-order valence-corrected chi connectivity index (χ2v) is 27.6. The Morgan fingerprint density at radius 1 is 0.329 bits per heavy atom. The number of benzene rings is 9. The highest BCUT2D eigenvalue weighted by Gasteiger charge is 2.45. The van der Waals surface area contributed by atoms with Crippen molar-refractivity contribution >= 4 is 96.2 Å². The summed E-state index contributed by atoms with van der Waals surface area (Å²) in [6.45, 7) is 34.7. The van der Waals surface area contributed by atoms with Crippen LogP contribution in [0.15, 0.2) is 192 Å². The zero-order valence-corrected chi connectivity index (χ0v) is 49.2. The lowest BCUT2D eigenvalue weighted by Gasteiger charge is -2.45. The first-order chi connectivity index (χ1) is 37.3. The van der Waals surface area contributed by atoms with Gasteiger partial charge in [-0.3, -0.25) is 0 Å². The summed E-state index contributed by atoms with van der Waals surface area (Å²) < 4.78 is 6.42. The van der Waals surface area contributed by atoms with Crippen molar-refractivity contribution < 1.29 is 4.42 Å². The van der Waals surface area contributed by atoms with E-state index in [2.05, 4.69) is 301 Å². The fourth-order valence-corrected chi connectivity index (χ4v) is 12.1. The van der Waals surface area contributed by atoms with Crippen LogP contribution in [0.1, 0.15) is 132 Å². The van der Waals surface area contributed by atoms with E-state index in [0.29, 0.717) is 0 Å². The lowest BCUT2D eigenvalue weighted by atomic mass is 9.33. The molecule has 0 radical (unpaired) electrons. The third-order valence-corrected chi connectivity index (χ3v) is 16.9. The van der Waals surface area contributed by atoms with Crippen molar-refractivity contribution in [3.05, 3.63) is 216 Å². The van der Waals surface area contributed by atoms with E-state index in [1.165, 1.54) is 67.0 Å². The standard InChI is InChI=1S/C74H76BN3O/c1-70(2,3)49-23-33-54(34-24-49)76(55-35-25-50(26-36-55)71(4,5)6)58-45-65-69-66(46-58)78(56-31-20-47(21-32-56)48-22-39-60-59-18-16-17-19-67(59)79-68(60)42-48)64-44-53(74(13,14)15)29-40-61(64)75(69)62-43-52(73(10,11)12)30-41-63(62)77(65)57-37-27-51(28-38-57)72(7,8)9/h16-46H,1-15H3. The zero-order valence-electron chi connectivity index (χ0n) is 49.2. The maximum atomic E-state index is 6.42. The molecule has 0 saturated heterocycles. The lowest BCUT2D eigenvalue weighted by molar-refractivity contribution is 0.590. The largest absolute Gasteiger partial charge is 0.456 e. The first-order valence-corrected chi connectivity index (χ1v) is 28.5. The Hall–Kier alpha value is -7.76. The van der Waals surface area contributed by atoms with E-state index in [1.807, 2.05) is 6.07 Å². The highest BCUT2D eigenvalue weighted by molar-refractivity contribution is 7.00. The molecule has 0 spiro atoms. The van der Waals surface area contributed by atoms with Crippen molar-refractivity contribution in [3.63, 3.8) is 0 Å². The number of nitrogens with zero attached hydrogens (tertiary/aromatic N) is 3. The Kier molecular flexibility index (Phi) is 12.1. The number of anilines is 9. The molecule has 0 aliphatic carbocycles. The summed E-state index contributed by atoms with van der Waals surface area (Å²) in [7, 11) is 0. The van der Waals surface area contributed by atoms with Gasteiger partial charge in [-0.2, -0.15) is 0 Å². The van der Waals surface area contributed by atoms with Crippen LogP contribution >= 0.6 is 0 Å². The van der Waals surface area contributed by atoms with E-state index >= 15 is 0 Å². The minimum Gasteiger partial charge on any atom is -0.456 e. The fourth-order valence-electron chi connectivity index (χ4n) is 12.1. The zero-order chi connectivity index (χ0) is 55.7. The van der Waals surface area contributed by atoms with Gasteiger partial charge in [0.1, 0.15) is 11.2 Å². The SMILES string of the molecule is CC(C)(C)c1ccc(N(c2ccc(C(C)(C)C)cc2)c2cc3c4c(c2)N(c2ccc(-c5ccc6c(c5)oc5ccccc56)cc2)c2cc(C(C)(C)C)ccc2B4c2cc(C(C)(C)C)ccc2N3c2ccc(C(C)(C)C)cc2)cc1. The molecule has 2 aliphatic rings.